The molecule has 0 atom stereocenters. The zero-order valence-electron chi connectivity index (χ0n) is 14.7. The number of nitrogens with zero attached hydrogens (tertiary/aromatic N) is 5. The fourth-order valence-corrected chi connectivity index (χ4v) is 4.55. The van der Waals surface area contributed by atoms with Gasteiger partial charge >= 0.3 is 0 Å². The van der Waals surface area contributed by atoms with E-state index in [9.17, 15) is 0 Å². The third-order valence-electron chi connectivity index (χ3n) is 4.49. The van der Waals surface area contributed by atoms with E-state index in [1.165, 1.54) is 0 Å². The molecular formula is C19H12N8S2. The van der Waals surface area contributed by atoms with Crippen LogP contribution in [0, 0.1) is 0 Å². The van der Waals surface area contributed by atoms with Gasteiger partial charge in [-0.25, -0.2) is 9.97 Å². The first kappa shape index (κ1) is 16.3. The van der Waals surface area contributed by atoms with E-state index < -0.39 is 0 Å². The Morgan fingerprint density at radius 1 is 0.793 bits per heavy atom. The predicted molar refractivity (Wildman–Crippen MR) is 117 cm³/mol. The molecule has 0 fully saturated rings. The van der Waals surface area contributed by atoms with E-state index in [1.54, 1.807) is 28.9 Å². The Balaban J connectivity index is 1.38. The molecule has 10 heteroatoms. The van der Waals surface area contributed by atoms with Crippen molar-refractivity contribution in [2.75, 3.05) is 10.6 Å². The van der Waals surface area contributed by atoms with Gasteiger partial charge in [0.15, 0.2) is 5.65 Å². The summed E-state index contributed by atoms with van der Waals surface area (Å²) < 4.78 is 2.22. The summed E-state index contributed by atoms with van der Waals surface area (Å²) in [5.74, 6) is 1.15. The summed E-state index contributed by atoms with van der Waals surface area (Å²) in [4.78, 5) is 17.9. The lowest BCUT2D eigenvalue weighted by atomic mass is 10.3. The van der Waals surface area contributed by atoms with Gasteiger partial charge in [0.2, 0.25) is 5.95 Å². The Morgan fingerprint density at radius 2 is 1.48 bits per heavy atom. The number of fused-ring (bicyclic) bond motifs is 3. The van der Waals surface area contributed by atoms with Gasteiger partial charge in [-0.2, -0.15) is 15.1 Å². The van der Waals surface area contributed by atoms with Crippen LogP contribution >= 0.6 is 22.7 Å². The van der Waals surface area contributed by atoms with Crippen LogP contribution in [0.4, 0.5) is 23.1 Å². The molecule has 0 aliphatic carbocycles. The Labute approximate surface area is 171 Å². The lowest BCUT2D eigenvalue weighted by molar-refractivity contribution is 1.09. The van der Waals surface area contributed by atoms with E-state index in [-0.39, 0.29) is 0 Å². The molecule has 0 aliphatic rings. The summed E-state index contributed by atoms with van der Waals surface area (Å²) in [7, 11) is 0. The van der Waals surface area contributed by atoms with Gasteiger partial charge in [-0.3, -0.25) is 5.10 Å². The van der Waals surface area contributed by atoms with E-state index >= 15 is 0 Å². The van der Waals surface area contributed by atoms with E-state index in [4.69, 9.17) is 0 Å². The zero-order chi connectivity index (χ0) is 19.2. The molecule has 140 valence electrons. The number of rotatable bonds is 4. The first-order valence-corrected chi connectivity index (χ1v) is 10.5. The number of benzene rings is 2. The van der Waals surface area contributed by atoms with E-state index in [0.29, 0.717) is 17.4 Å². The van der Waals surface area contributed by atoms with Crippen molar-refractivity contribution in [3.63, 3.8) is 0 Å². The number of aromatic amines is 1. The highest BCUT2D eigenvalue weighted by molar-refractivity contribution is 7.17. The molecule has 2 aromatic carbocycles. The topological polar surface area (TPSA) is 104 Å². The first-order chi connectivity index (χ1) is 14.3. The SMILES string of the molecule is c1nc2ccc(Nc3nc(Nc4ccc5ncsc5c4)c4cn[nH]c4n3)cc2s1. The molecule has 0 aliphatic heterocycles. The maximum absolute atomic E-state index is 4.68. The van der Waals surface area contributed by atoms with Crippen molar-refractivity contribution in [3.8, 4) is 0 Å². The molecule has 0 saturated heterocycles. The summed E-state index contributed by atoms with van der Waals surface area (Å²) >= 11 is 3.20. The molecule has 0 radical (unpaired) electrons. The fourth-order valence-electron chi connectivity index (χ4n) is 3.12. The largest absolute Gasteiger partial charge is 0.339 e. The van der Waals surface area contributed by atoms with Gasteiger partial charge in [0.25, 0.3) is 0 Å². The molecule has 0 bridgehead atoms. The quantitative estimate of drug-likeness (QED) is 0.369. The van der Waals surface area contributed by atoms with Crippen LogP contribution in [-0.4, -0.2) is 30.1 Å². The van der Waals surface area contributed by atoms with Crippen LogP contribution in [0.15, 0.2) is 53.6 Å². The van der Waals surface area contributed by atoms with Gasteiger partial charge in [-0.1, -0.05) is 0 Å². The van der Waals surface area contributed by atoms with Crippen LogP contribution in [0.25, 0.3) is 31.5 Å². The number of nitrogens with one attached hydrogen (secondary N) is 3. The number of anilines is 4. The van der Waals surface area contributed by atoms with Gasteiger partial charge in [0.05, 0.1) is 43.0 Å². The van der Waals surface area contributed by atoms with Gasteiger partial charge < -0.3 is 10.6 Å². The maximum Gasteiger partial charge on any atom is 0.231 e. The fraction of sp³-hybridized carbons (Fsp3) is 0. The number of hydrogen-bond donors (Lipinski definition) is 3. The van der Waals surface area contributed by atoms with Crippen LogP contribution < -0.4 is 10.6 Å². The molecule has 0 saturated carbocycles. The highest BCUT2D eigenvalue weighted by atomic mass is 32.1. The van der Waals surface area contributed by atoms with Crippen molar-refractivity contribution < 1.29 is 0 Å². The minimum absolute atomic E-state index is 0.479. The summed E-state index contributed by atoms with van der Waals surface area (Å²) in [6.45, 7) is 0. The normalized spacial score (nSPS) is 11.4. The molecule has 4 heterocycles. The van der Waals surface area contributed by atoms with Gasteiger partial charge in [0.1, 0.15) is 5.82 Å². The molecule has 0 unspecified atom stereocenters. The average Bonchev–Trinajstić information content (AvgIpc) is 3.47. The van der Waals surface area contributed by atoms with E-state index in [0.717, 1.165) is 37.2 Å². The molecule has 0 amide bonds. The monoisotopic (exact) mass is 416 g/mol. The van der Waals surface area contributed by atoms with E-state index in [2.05, 4.69) is 46.8 Å². The lowest BCUT2D eigenvalue weighted by Gasteiger charge is -2.10. The molecule has 29 heavy (non-hydrogen) atoms. The number of thiazole rings is 2. The molecular weight excluding hydrogens is 404 g/mol. The second-order valence-corrected chi connectivity index (χ2v) is 8.12. The van der Waals surface area contributed by atoms with Gasteiger partial charge in [-0.05, 0) is 36.4 Å². The third kappa shape index (κ3) is 2.94. The Hall–Kier alpha value is -3.63. The molecule has 4 aromatic heterocycles. The Morgan fingerprint density at radius 3 is 2.21 bits per heavy atom. The number of H-pyrrole nitrogens is 1. The van der Waals surface area contributed by atoms with Crippen LogP contribution in [0.1, 0.15) is 0 Å². The van der Waals surface area contributed by atoms with Crippen LogP contribution in [0.5, 0.6) is 0 Å². The predicted octanol–water partition coefficient (Wildman–Crippen LogP) is 5.06. The molecule has 0 spiro atoms. The minimum Gasteiger partial charge on any atom is -0.339 e. The molecule has 6 rings (SSSR count). The molecule has 3 N–H and O–H groups in total. The second-order valence-electron chi connectivity index (χ2n) is 6.35. The Kier molecular flexibility index (Phi) is 3.64. The van der Waals surface area contributed by atoms with Crippen molar-refractivity contribution in [1.29, 1.82) is 0 Å². The number of hydrogen-bond acceptors (Lipinski definition) is 9. The first-order valence-electron chi connectivity index (χ1n) is 8.73. The third-order valence-corrected chi connectivity index (χ3v) is 6.07. The van der Waals surface area contributed by atoms with Crippen LogP contribution in [0.2, 0.25) is 0 Å². The average molecular weight is 416 g/mol. The Bertz CT molecular complexity index is 1480. The smallest absolute Gasteiger partial charge is 0.231 e. The zero-order valence-corrected chi connectivity index (χ0v) is 16.4. The van der Waals surface area contributed by atoms with Crippen molar-refractivity contribution >= 4 is 77.3 Å². The highest BCUT2D eigenvalue weighted by Gasteiger charge is 2.11. The maximum atomic E-state index is 4.68. The van der Waals surface area contributed by atoms with Crippen molar-refractivity contribution in [3.05, 3.63) is 53.6 Å². The molecule has 6 aromatic rings. The molecule has 8 nitrogen and oxygen atoms in total. The van der Waals surface area contributed by atoms with Crippen molar-refractivity contribution in [2.45, 2.75) is 0 Å². The van der Waals surface area contributed by atoms with Crippen LogP contribution in [0.3, 0.4) is 0 Å². The highest BCUT2D eigenvalue weighted by Crippen LogP contribution is 2.29. The van der Waals surface area contributed by atoms with Crippen molar-refractivity contribution in [2.24, 2.45) is 0 Å². The second kappa shape index (κ2) is 6.47. The van der Waals surface area contributed by atoms with E-state index in [1.807, 2.05) is 41.4 Å². The van der Waals surface area contributed by atoms with Crippen LogP contribution in [-0.2, 0) is 0 Å². The van der Waals surface area contributed by atoms with Crippen molar-refractivity contribution in [1.82, 2.24) is 30.1 Å². The minimum atomic E-state index is 0.479. The van der Waals surface area contributed by atoms with Gasteiger partial charge in [-0.15, -0.1) is 22.7 Å². The summed E-state index contributed by atoms with van der Waals surface area (Å²) in [6, 6.07) is 12.0. The summed E-state index contributed by atoms with van der Waals surface area (Å²) in [5.41, 5.74) is 8.13. The summed E-state index contributed by atoms with van der Waals surface area (Å²) in [6.07, 6.45) is 1.72. The standard InChI is InChI=1S/C19H12N8S2/c1-3-13-15(28-8-20-13)5-10(1)23-17-12-7-22-27-18(12)26-19(25-17)24-11-2-4-14-16(6-11)29-9-21-14/h1-9H,(H3,22,23,24,25,26,27). The van der Waals surface area contributed by atoms with Gasteiger partial charge in [0, 0.05) is 11.4 Å². The number of aromatic nitrogens is 6. The lowest BCUT2D eigenvalue weighted by Crippen LogP contribution is -2.01. The summed E-state index contributed by atoms with van der Waals surface area (Å²) in [5, 5.41) is 14.5.